The third kappa shape index (κ3) is 2.98. The van der Waals surface area contributed by atoms with Crippen molar-refractivity contribution in [2.45, 2.75) is 44.7 Å². The van der Waals surface area contributed by atoms with Crippen molar-refractivity contribution in [3.8, 4) is 0 Å². The van der Waals surface area contributed by atoms with E-state index in [1.165, 1.54) is 37.8 Å². The standard InChI is InChI=1S/C16H25FN2/c1-13-5-3-4-10-16(13,12-18)19(2)11-14-6-8-15(17)9-7-14/h6-9,13H,3-5,10-12,18H2,1-2H3. The molecule has 0 amide bonds. The smallest absolute Gasteiger partial charge is 0.123 e. The molecule has 1 saturated carbocycles. The molecule has 1 fully saturated rings. The molecule has 0 aromatic heterocycles. The van der Waals surface area contributed by atoms with Gasteiger partial charge in [0.2, 0.25) is 0 Å². The van der Waals surface area contributed by atoms with Gasteiger partial charge in [-0.25, -0.2) is 4.39 Å². The van der Waals surface area contributed by atoms with Gasteiger partial charge in [0.1, 0.15) is 5.82 Å². The number of nitrogens with zero attached hydrogens (tertiary/aromatic N) is 1. The Hall–Kier alpha value is -0.930. The Balaban J connectivity index is 2.12. The highest BCUT2D eigenvalue weighted by atomic mass is 19.1. The Morgan fingerprint density at radius 3 is 2.58 bits per heavy atom. The minimum atomic E-state index is -0.175. The van der Waals surface area contributed by atoms with Crippen LogP contribution in [0.25, 0.3) is 0 Å². The van der Waals surface area contributed by atoms with Gasteiger partial charge < -0.3 is 5.73 Å². The lowest BCUT2D eigenvalue weighted by atomic mass is 9.72. The van der Waals surface area contributed by atoms with Gasteiger partial charge in [-0.05, 0) is 43.5 Å². The van der Waals surface area contributed by atoms with E-state index in [-0.39, 0.29) is 11.4 Å². The lowest BCUT2D eigenvalue weighted by Crippen LogP contribution is -2.57. The van der Waals surface area contributed by atoms with Crippen molar-refractivity contribution >= 4 is 0 Å². The van der Waals surface area contributed by atoms with E-state index in [0.29, 0.717) is 12.5 Å². The fraction of sp³-hybridized carbons (Fsp3) is 0.625. The Morgan fingerprint density at radius 2 is 2.00 bits per heavy atom. The minimum Gasteiger partial charge on any atom is -0.329 e. The van der Waals surface area contributed by atoms with E-state index < -0.39 is 0 Å². The van der Waals surface area contributed by atoms with Gasteiger partial charge in [-0.3, -0.25) is 4.90 Å². The summed E-state index contributed by atoms with van der Waals surface area (Å²) in [4.78, 5) is 2.38. The van der Waals surface area contributed by atoms with Crippen molar-refractivity contribution in [3.63, 3.8) is 0 Å². The van der Waals surface area contributed by atoms with Gasteiger partial charge in [-0.2, -0.15) is 0 Å². The molecule has 3 heteroatoms. The van der Waals surface area contributed by atoms with E-state index in [9.17, 15) is 4.39 Å². The summed E-state index contributed by atoms with van der Waals surface area (Å²) in [5, 5.41) is 0. The number of hydrogen-bond donors (Lipinski definition) is 1. The van der Waals surface area contributed by atoms with E-state index in [4.69, 9.17) is 5.73 Å². The first-order valence-electron chi connectivity index (χ1n) is 7.24. The molecule has 2 N–H and O–H groups in total. The van der Waals surface area contributed by atoms with Gasteiger partial charge in [0.25, 0.3) is 0 Å². The van der Waals surface area contributed by atoms with Crippen molar-refractivity contribution in [1.82, 2.24) is 4.90 Å². The summed E-state index contributed by atoms with van der Waals surface area (Å²) >= 11 is 0. The van der Waals surface area contributed by atoms with Crippen molar-refractivity contribution < 1.29 is 4.39 Å². The zero-order chi connectivity index (χ0) is 13.9. The van der Waals surface area contributed by atoms with Crippen molar-refractivity contribution in [1.29, 1.82) is 0 Å². The topological polar surface area (TPSA) is 29.3 Å². The highest BCUT2D eigenvalue weighted by Crippen LogP contribution is 2.37. The lowest BCUT2D eigenvalue weighted by molar-refractivity contribution is 0.0278. The van der Waals surface area contributed by atoms with E-state index in [1.807, 2.05) is 12.1 Å². The molecule has 2 nitrogen and oxygen atoms in total. The molecule has 0 aliphatic heterocycles. The number of hydrogen-bond acceptors (Lipinski definition) is 2. The van der Waals surface area contributed by atoms with Gasteiger partial charge in [0, 0.05) is 18.6 Å². The minimum absolute atomic E-state index is 0.104. The molecule has 0 saturated heterocycles. The number of rotatable bonds is 4. The zero-order valence-electron chi connectivity index (χ0n) is 12.0. The monoisotopic (exact) mass is 264 g/mol. The molecular weight excluding hydrogens is 239 g/mol. The van der Waals surface area contributed by atoms with Gasteiger partial charge in [0.15, 0.2) is 0 Å². The molecule has 2 unspecified atom stereocenters. The van der Waals surface area contributed by atoms with Crippen molar-refractivity contribution in [2.24, 2.45) is 11.7 Å². The van der Waals surface area contributed by atoms with Gasteiger partial charge >= 0.3 is 0 Å². The van der Waals surface area contributed by atoms with Crippen LogP contribution in [0.15, 0.2) is 24.3 Å². The third-order valence-corrected chi connectivity index (χ3v) is 4.86. The molecule has 0 spiro atoms. The molecule has 1 aromatic carbocycles. The van der Waals surface area contributed by atoms with Crippen LogP contribution in [0.3, 0.4) is 0 Å². The molecule has 19 heavy (non-hydrogen) atoms. The van der Waals surface area contributed by atoms with Crippen LogP contribution in [-0.4, -0.2) is 24.0 Å². The Labute approximate surface area is 115 Å². The van der Waals surface area contributed by atoms with Crippen LogP contribution in [0.5, 0.6) is 0 Å². The summed E-state index contributed by atoms with van der Waals surface area (Å²) < 4.78 is 12.9. The summed E-state index contributed by atoms with van der Waals surface area (Å²) in [5.41, 5.74) is 7.36. The van der Waals surface area contributed by atoms with Crippen molar-refractivity contribution in [3.05, 3.63) is 35.6 Å². The average molecular weight is 264 g/mol. The second kappa shape index (κ2) is 6.02. The van der Waals surface area contributed by atoms with Gasteiger partial charge in [-0.1, -0.05) is 31.9 Å². The molecule has 1 aromatic rings. The molecule has 2 atom stereocenters. The largest absolute Gasteiger partial charge is 0.329 e. The molecular formula is C16H25FN2. The number of likely N-dealkylation sites (N-methyl/N-ethyl adjacent to an activating group) is 1. The number of benzene rings is 1. The maximum Gasteiger partial charge on any atom is 0.123 e. The molecule has 0 heterocycles. The highest BCUT2D eigenvalue weighted by molar-refractivity contribution is 5.16. The van der Waals surface area contributed by atoms with Crippen LogP contribution < -0.4 is 5.73 Å². The van der Waals surface area contributed by atoms with Crippen LogP contribution in [0.4, 0.5) is 4.39 Å². The van der Waals surface area contributed by atoms with Gasteiger partial charge in [0.05, 0.1) is 0 Å². The normalized spacial score (nSPS) is 27.7. The van der Waals surface area contributed by atoms with Crippen LogP contribution in [0.1, 0.15) is 38.2 Å². The zero-order valence-corrected chi connectivity index (χ0v) is 12.0. The second-order valence-corrected chi connectivity index (χ2v) is 5.94. The summed E-state index contributed by atoms with van der Waals surface area (Å²) in [6.07, 6.45) is 5.00. The maximum absolute atomic E-state index is 12.9. The van der Waals surface area contributed by atoms with Crippen LogP contribution >= 0.6 is 0 Å². The fourth-order valence-corrected chi connectivity index (χ4v) is 3.44. The average Bonchev–Trinajstić information content (AvgIpc) is 2.42. The van der Waals surface area contributed by atoms with Crippen molar-refractivity contribution in [2.75, 3.05) is 13.6 Å². The summed E-state index contributed by atoms with van der Waals surface area (Å²) in [7, 11) is 2.15. The second-order valence-electron chi connectivity index (χ2n) is 5.94. The van der Waals surface area contributed by atoms with Crippen LogP contribution in [0, 0.1) is 11.7 Å². The lowest BCUT2D eigenvalue weighted by Gasteiger charge is -2.48. The Kier molecular flexibility index (Phi) is 4.58. The quantitative estimate of drug-likeness (QED) is 0.905. The van der Waals surface area contributed by atoms with E-state index in [0.717, 1.165) is 12.1 Å². The summed E-state index contributed by atoms with van der Waals surface area (Å²) in [6, 6.07) is 6.79. The first-order valence-corrected chi connectivity index (χ1v) is 7.24. The Bertz CT molecular complexity index is 404. The predicted octanol–water partition coefficient (Wildman–Crippen LogP) is 3.17. The highest BCUT2D eigenvalue weighted by Gasteiger charge is 2.40. The fourth-order valence-electron chi connectivity index (χ4n) is 3.44. The molecule has 1 aliphatic rings. The maximum atomic E-state index is 12.9. The number of halogens is 1. The predicted molar refractivity (Wildman–Crippen MR) is 77.3 cm³/mol. The molecule has 0 bridgehead atoms. The Morgan fingerprint density at radius 1 is 1.32 bits per heavy atom. The third-order valence-electron chi connectivity index (χ3n) is 4.86. The number of nitrogens with two attached hydrogens (primary N) is 1. The SMILES string of the molecule is CC1CCCCC1(CN)N(C)Cc1ccc(F)cc1. The summed E-state index contributed by atoms with van der Waals surface area (Å²) in [5.74, 6) is 0.447. The van der Waals surface area contributed by atoms with Crippen LogP contribution in [0.2, 0.25) is 0 Å². The molecule has 106 valence electrons. The molecule has 1 aliphatic carbocycles. The molecule has 2 rings (SSSR count). The first-order chi connectivity index (χ1) is 9.08. The van der Waals surface area contributed by atoms with E-state index >= 15 is 0 Å². The van der Waals surface area contributed by atoms with E-state index in [2.05, 4.69) is 18.9 Å². The summed E-state index contributed by atoms with van der Waals surface area (Å²) in [6.45, 7) is 3.85. The molecule has 0 radical (unpaired) electrons. The van der Waals surface area contributed by atoms with E-state index in [1.54, 1.807) is 0 Å². The first kappa shape index (κ1) is 14.5. The van der Waals surface area contributed by atoms with Gasteiger partial charge in [-0.15, -0.1) is 0 Å². The van der Waals surface area contributed by atoms with Crippen LogP contribution in [-0.2, 0) is 6.54 Å².